The summed E-state index contributed by atoms with van der Waals surface area (Å²) in [6, 6.07) is 7.83. The molecule has 0 radical (unpaired) electrons. The minimum atomic E-state index is -1.18. The minimum absolute atomic E-state index is 0.0748. The highest BCUT2D eigenvalue weighted by Crippen LogP contribution is 2.64. The molecule has 0 saturated carbocycles. The number of carbonyl (C=O) groups is 3. The van der Waals surface area contributed by atoms with Crippen molar-refractivity contribution < 1.29 is 29.0 Å². The highest BCUT2D eigenvalue weighted by Gasteiger charge is 2.79. The molecule has 2 unspecified atom stereocenters. The lowest BCUT2D eigenvalue weighted by Gasteiger charge is -2.41. The highest BCUT2D eigenvalue weighted by atomic mass is 16.5. The number of morpholine rings is 1. The van der Waals surface area contributed by atoms with Crippen molar-refractivity contribution in [3.63, 3.8) is 0 Å². The van der Waals surface area contributed by atoms with Gasteiger partial charge < -0.3 is 29.3 Å². The monoisotopic (exact) mass is 622 g/mol. The summed E-state index contributed by atoms with van der Waals surface area (Å²) in [6.45, 7) is 18.1. The molecule has 1 aromatic carbocycles. The van der Waals surface area contributed by atoms with Crippen molar-refractivity contribution in [1.82, 2.24) is 14.7 Å². The average Bonchev–Trinajstić information content (AvgIpc) is 3.63. The molecule has 4 aliphatic heterocycles. The third-order valence-corrected chi connectivity index (χ3v) is 10.7. The number of anilines is 1. The Balaban J connectivity index is 1.55. The van der Waals surface area contributed by atoms with Crippen LogP contribution in [0.4, 0.5) is 5.69 Å². The average molecular weight is 623 g/mol. The van der Waals surface area contributed by atoms with Crippen LogP contribution in [-0.2, 0) is 23.9 Å². The molecule has 3 amide bonds. The van der Waals surface area contributed by atoms with E-state index < -0.39 is 35.1 Å². The van der Waals surface area contributed by atoms with Crippen LogP contribution in [0.15, 0.2) is 55.6 Å². The Morgan fingerprint density at radius 2 is 1.80 bits per heavy atom. The number of rotatable bonds is 14. The molecule has 4 aliphatic rings. The number of ether oxygens (including phenoxy) is 2. The van der Waals surface area contributed by atoms with Crippen LogP contribution in [0.25, 0.3) is 0 Å². The number of amides is 3. The summed E-state index contributed by atoms with van der Waals surface area (Å²) < 4.78 is 12.4. The topological polar surface area (TPSA) is 103 Å². The van der Waals surface area contributed by atoms with Gasteiger partial charge in [-0.1, -0.05) is 50.6 Å². The number of carbonyl (C=O) groups excluding carboxylic acids is 3. The second-order valence-corrected chi connectivity index (χ2v) is 13.2. The van der Waals surface area contributed by atoms with Crippen LogP contribution in [0, 0.1) is 17.8 Å². The zero-order valence-corrected chi connectivity index (χ0v) is 27.1. The van der Waals surface area contributed by atoms with E-state index >= 15 is 0 Å². The summed E-state index contributed by atoms with van der Waals surface area (Å²) in [6.07, 6.45) is 5.12. The number of aliphatic hydroxyl groups excluding tert-OH is 1. The first-order valence-corrected chi connectivity index (χ1v) is 16.5. The van der Waals surface area contributed by atoms with Crippen molar-refractivity contribution in [3.05, 3.63) is 55.6 Å². The quantitative estimate of drug-likeness (QED) is 0.319. The molecule has 10 heteroatoms. The van der Waals surface area contributed by atoms with Crippen LogP contribution < -0.4 is 4.90 Å². The molecule has 4 saturated heterocycles. The molecular formula is C35H50N4O6. The Bertz CT molecular complexity index is 1250. The zero-order valence-electron chi connectivity index (χ0n) is 27.1. The second kappa shape index (κ2) is 13.7. The first-order valence-electron chi connectivity index (χ1n) is 16.5. The summed E-state index contributed by atoms with van der Waals surface area (Å²) in [5.41, 5.74) is -1.39. The fourth-order valence-corrected chi connectivity index (χ4v) is 8.13. The van der Waals surface area contributed by atoms with Gasteiger partial charge in [0.25, 0.3) is 0 Å². The summed E-state index contributed by atoms with van der Waals surface area (Å²) in [4.78, 5) is 51.5. The highest BCUT2D eigenvalue weighted by molar-refractivity contribution is 6.03. The van der Waals surface area contributed by atoms with Crippen molar-refractivity contribution in [3.8, 4) is 0 Å². The molecule has 10 nitrogen and oxygen atoms in total. The molecule has 246 valence electrons. The van der Waals surface area contributed by atoms with Gasteiger partial charge in [-0.25, -0.2) is 0 Å². The molecule has 4 heterocycles. The second-order valence-electron chi connectivity index (χ2n) is 13.2. The Labute approximate surface area is 267 Å². The number of fused-ring (bicyclic) bond motifs is 1. The number of nitrogens with zero attached hydrogens (tertiary/aromatic N) is 4. The molecule has 0 aliphatic carbocycles. The van der Waals surface area contributed by atoms with Gasteiger partial charge in [-0.3, -0.25) is 19.3 Å². The minimum Gasteiger partial charge on any atom is -0.394 e. The standard InChI is InChI=1S/C35H50N4O6/c1-6-16-37(19-18-36-20-22-44-23-21-36)33(43)30-35-15-14-34(5,45-35)28(29(35)32(42)39(30)27(24-40)25(4)8-3)31(41)38(17-7-2)26-12-10-9-11-13-26/h6-7,9-13,25,27-30,40H,1-2,8,14-24H2,3-5H3/t25-,27-,28+,29-,30?,34-,35?/m0/s1. The maximum absolute atomic E-state index is 14.8. The van der Waals surface area contributed by atoms with Crippen LogP contribution in [-0.4, -0.2) is 120 Å². The summed E-state index contributed by atoms with van der Waals surface area (Å²) in [7, 11) is 0. The van der Waals surface area contributed by atoms with E-state index in [1.807, 2.05) is 51.1 Å². The van der Waals surface area contributed by atoms with E-state index in [1.54, 1.807) is 26.9 Å². The maximum atomic E-state index is 14.8. The van der Waals surface area contributed by atoms with Crippen LogP contribution in [0.1, 0.15) is 40.0 Å². The van der Waals surface area contributed by atoms with Gasteiger partial charge in [0.05, 0.1) is 43.3 Å². The van der Waals surface area contributed by atoms with Gasteiger partial charge >= 0.3 is 0 Å². The maximum Gasteiger partial charge on any atom is 0.248 e. The predicted octanol–water partition coefficient (Wildman–Crippen LogP) is 2.72. The van der Waals surface area contributed by atoms with Crippen molar-refractivity contribution in [2.24, 2.45) is 17.8 Å². The van der Waals surface area contributed by atoms with Crippen molar-refractivity contribution in [1.29, 1.82) is 0 Å². The molecule has 4 fully saturated rings. The Morgan fingerprint density at radius 3 is 2.42 bits per heavy atom. The van der Waals surface area contributed by atoms with Crippen LogP contribution in [0.3, 0.4) is 0 Å². The smallest absolute Gasteiger partial charge is 0.248 e. The molecule has 2 bridgehead atoms. The number of para-hydroxylation sites is 1. The largest absolute Gasteiger partial charge is 0.394 e. The first kappa shape index (κ1) is 33.3. The van der Waals surface area contributed by atoms with Crippen LogP contribution >= 0.6 is 0 Å². The lowest BCUT2D eigenvalue weighted by Crippen LogP contribution is -2.60. The zero-order chi connectivity index (χ0) is 32.4. The molecule has 7 atom stereocenters. The summed E-state index contributed by atoms with van der Waals surface area (Å²) in [5.74, 6) is -2.43. The molecule has 1 N–H and O–H groups in total. The van der Waals surface area contributed by atoms with E-state index in [2.05, 4.69) is 18.1 Å². The third-order valence-electron chi connectivity index (χ3n) is 10.7. The predicted molar refractivity (Wildman–Crippen MR) is 172 cm³/mol. The van der Waals surface area contributed by atoms with E-state index in [0.717, 1.165) is 13.1 Å². The van der Waals surface area contributed by atoms with E-state index in [-0.39, 0.29) is 36.8 Å². The molecule has 5 rings (SSSR count). The summed E-state index contributed by atoms with van der Waals surface area (Å²) >= 11 is 0. The van der Waals surface area contributed by atoms with E-state index in [9.17, 15) is 19.5 Å². The first-order chi connectivity index (χ1) is 21.7. The Morgan fingerprint density at radius 1 is 1.11 bits per heavy atom. The normalized spacial score (nSPS) is 30.5. The van der Waals surface area contributed by atoms with Crippen LogP contribution in [0.2, 0.25) is 0 Å². The molecule has 1 aromatic rings. The molecular weight excluding hydrogens is 572 g/mol. The third kappa shape index (κ3) is 5.86. The van der Waals surface area contributed by atoms with Gasteiger partial charge in [0.1, 0.15) is 11.6 Å². The fraction of sp³-hybridized carbons (Fsp3) is 0.629. The Hall–Kier alpha value is -3.05. The van der Waals surface area contributed by atoms with Gasteiger partial charge in [0, 0.05) is 45.0 Å². The number of hydrogen-bond acceptors (Lipinski definition) is 7. The van der Waals surface area contributed by atoms with E-state index in [1.165, 1.54) is 0 Å². The molecule has 0 aromatic heterocycles. The number of benzene rings is 1. The van der Waals surface area contributed by atoms with Crippen molar-refractivity contribution in [2.45, 2.75) is 63.3 Å². The number of hydrogen-bond donors (Lipinski definition) is 1. The van der Waals surface area contributed by atoms with Crippen LogP contribution in [0.5, 0.6) is 0 Å². The SMILES string of the molecule is C=CCN(CCN1CCOCC1)C(=O)C1N([C@@H](CO)[C@@H](C)CC)C(=O)[C@@H]2[C@H](C(=O)N(CC=C)c3ccccc3)[C@]3(C)CCC12O3. The van der Waals surface area contributed by atoms with Gasteiger partial charge in [0.2, 0.25) is 17.7 Å². The van der Waals surface area contributed by atoms with Gasteiger partial charge in [-0.15, -0.1) is 13.2 Å². The number of likely N-dealkylation sites (tertiary alicyclic amines) is 1. The van der Waals surface area contributed by atoms with Crippen molar-refractivity contribution in [2.75, 3.05) is 64.0 Å². The van der Waals surface area contributed by atoms with E-state index in [0.29, 0.717) is 57.8 Å². The molecule has 45 heavy (non-hydrogen) atoms. The Kier molecular flexibility index (Phi) is 10.2. The summed E-state index contributed by atoms with van der Waals surface area (Å²) in [5, 5.41) is 10.7. The van der Waals surface area contributed by atoms with Crippen molar-refractivity contribution >= 4 is 23.4 Å². The fourth-order valence-electron chi connectivity index (χ4n) is 8.13. The van der Waals surface area contributed by atoms with E-state index in [4.69, 9.17) is 9.47 Å². The molecule has 1 spiro atoms. The van der Waals surface area contributed by atoms with Gasteiger partial charge in [-0.2, -0.15) is 0 Å². The lowest BCUT2D eigenvalue weighted by molar-refractivity contribution is -0.156. The lowest BCUT2D eigenvalue weighted by atomic mass is 9.66. The van der Waals surface area contributed by atoms with Gasteiger partial charge in [0.15, 0.2) is 0 Å². The number of aliphatic hydroxyl groups is 1. The van der Waals surface area contributed by atoms with Gasteiger partial charge in [-0.05, 0) is 37.8 Å².